The van der Waals surface area contributed by atoms with E-state index >= 15 is 0 Å². The van der Waals surface area contributed by atoms with Gasteiger partial charge in [-0.1, -0.05) is 11.8 Å². The molecule has 0 radical (unpaired) electrons. The standard InChI is InChI=1S/C13H15FN4O3S2/c1-18-9-16-17-13(18)22-8-12(19)15-6-7-23(20,21)11-4-2-10(14)3-5-11/h2-5,9H,6-8H2,1H3,(H,15,19). The topological polar surface area (TPSA) is 93.9 Å². The first-order valence-corrected chi connectivity index (χ1v) is 9.24. The van der Waals surface area contributed by atoms with Gasteiger partial charge in [-0.25, -0.2) is 12.8 Å². The molecule has 2 rings (SSSR count). The van der Waals surface area contributed by atoms with E-state index in [1.54, 1.807) is 11.6 Å². The van der Waals surface area contributed by atoms with Crippen LogP contribution >= 0.6 is 11.8 Å². The summed E-state index contributed by atoms with van der Waals surface area (Å²) in [5.41, 5.74) is 0. The Hall–Kier alpha value is -1.94. The number of hydrogen-bond acceptors (Lipinski definition) is 6. The number of benzene rings is 1. The average Bonchev–Trinajstić information content (AvgIpc) is 2.91. The number of aromatic nitrogens is 3. The quantitative estimate of drug-likeness (QED) is 0.576. The molecule has 1 N–H and O–H groups in total. The number of hydrogen-bond donors (Lipinski definition) is 1. The Balaban J connectivity index is 1.78. The summed E-state index contributed by atoms with van der Waals surface area (Å²) in [5.74, 6) is -0.937. The Bertz CT molecular complexity index is 775. The van der Waals surface area contributed by atoms with Crippen LogP contribution in [0.5, 0.6) is 0 Å². The van der Waals surface area contributed by atoms with E-state index in [0.717, 1.165) is 12.1 Å². The van der Waals surface area contributed by atoms with Crippen LogP contribution in [0.25, 0.3) is 0 Å². The van der Waals surface area contributed by atoms with E-state index < -0.39 is 15.7 Å². The van der Waals surface area contributed by atoms with Gasteiger partial charge in [0.2, 0.25) is 5.91 Å². The molecule has 1 amide bonds. The van der Waals surface area contributed by atoms with Crippen molar-refractivity contribution in [3.8, 4) is 0 Å². The van der Waals surface area contributed by atoms with E-state index in [4.69, 9.17) is 0 Å². The average molecular weight is 358 g/mol. The molecule has 0 aliphatic heterocycles. The first-order valence-electron chi connectivity index (χ1n) is 6.60. The van der Waals surface area contributed by atoms with Crippen molar-refractivity contribution in [2.75, 3.05) is 18.1 Å². The largest absolute Gasteiger partial charge is 0.354 e. The molecule has 0 saturated heterocycles. The maximum absolute atomic E-state index is 12.8. The van der Waals surface area contributed by atoms with Crippen LogP contribution in [0, 0.1) is 5.82 Å². The summed E-state index contributed by atoms with van der Waals surface area (Å²) in [6, 6.07) is 4.58. The fourth-order valence-electron chi connectivity index (χ4n) is 1.67. The molecule has 0 atom stereocenters. The molecule has 10 heteroatoms. The number of thioether (sulfide) groups is 1. The maximum atomic E-state index is 12.8. The zero-order chi connectivity index (χ0) is 16.9. The fraction of sp³-hybridized carbons (Fsp3) is 0.308. The van der Waals surface area contributed by atoms with Crippen molar-refractivity contribution in [3.63, 3.8) is 0 Å². The first kappa shape index (κ1) is 17.4. The van der Waals surface area contributed by atoms with Gasteiger partial charge in [0.1, 0.15) is 12.1 Å². The molecule has 7 nitrogen and oxygen atoms in total. The highest BCUT2D eigenvalue weighted by Gasteiger charge is 2.15. The molecular formula is C13H15FN4O3S2. The molecule has 23 heavy (non-hydrogen) atoms. The molecule has 0 fully saturated rings. The Morgan fingerprint density at radius 1 is 1.35 bits per heavy atom. The number of amides is 1. The molecule has 124 valence electrons. The molecular weight excluding hydrogens is 343 g/mol. The maximum Gasteiger partial charge on any atom is 0.230 e. The van der Waals surface area contributed by atoms with Crippen LogP contribution in [0.2, 0.25) is 0 Å². The molecule has 0 saturated carbocycles. The number of aryl methyl sites for hydroxylation is 1. The monoisotopic (exact) mass is 358 g/mol. The van der Waals surface area contributed by atoms with Crippen LogP contribution in [0.15, 0.2) is 40.6 Å². The Morgan fingerprint density at radius 2 is 2.04 bits per heavy atom. The smallest absolute Gasteiger partial charge is 0.230 e. The van der Waals surface area contributed by atoms with Crippen molar-refractivity contribution < 1.29 is 17.6 Å². The minimum atomic E-state index is -3.55. The molecule has 0 spiro atoms. The van der Waals surface area contributed by atoms with Crippen molar-refractivity contribution in [2.45, 2.75) is 10.1 Å². The highest BCUT2D eigenvalue weighted by molar-refractivity contribution is 7.99. The van der Waals surface area contributed by atoms with Gasteiger partial charge in [-0.2, -0.15) is 0 Å². The van der Waals surface area contributed by atoms with E-state index in [1.165, 1.54) is 30.2 Å². The molecule has 0 aliphatic rings. The number of halogens is 1. The second kappa shape index (κ2) is 7.55. The van der Waals surface area contributed by atoms with E-state index in [9.17, 15) is 17.6 Å². The molecule has 0 unspecified atom stereocenters. The van der Waals surface area contributed by atoms with Gasteiger partial charge in [-0.15, -0.1) is 10.2 Å². The molecule has 1 heterocycles. The van der Waals surface area contributed by atoms with Crippen molar-refractivity contribution in [1.29, 1.82) is 0 Å². The number of carbonyl (C=O) groups excluding carboxylic acids is 1. The van der Waals surface area contributed by atoms with E-state index in [2.05, 4.69) is 15.5 Å². The minimum absolute atomic E-state index is 0.0160. The van der Waals surface area contributed by atoms with Crippen molar-refractivity contribution in [3.05, 3.63) is 36.4 Å². The van der Waals surface area contributed by atoms with Gasteiger partial charge in [-0.05, 0) is 24.3 Å². The van der Waals surface area contributed by atoms with E-state index in [-0.39, 0.29) is 28.9 Å². The van der Waals surface area contributed by atoms with E-state index in [1.807, 2.05) is 0 Å². The predicted molar refractivity (Wildman–Crippen MR) is 83.2 cm³/mol. The summed E-state index contributed by atoms with van der Waals surface area (Å²) < 4.78 is 38.5. The lowest BCUT2D eigenvalue weighted by Crippen LogP contribution is -2.30. The molecule has 1 aromatic carbocycles. The molecule has 0 bridgehead atoms. The summed E-state index contributed by atoms with van der Waals surface area (Å²) in [6.07, 6.45) is 1.52. The zero-order valence-corrected chi connectivity index (χ0v) is 13.9. The second-order valence-electron chi connectivity index (χ2n) is 4.64. The van der Waals surface area contributed by atoms with Crippen LogP contribution in [0.3, 0.4) is 0 Å². The van der Waals surface area contributed by atoms with E-state index in [0.29, 0.717) is 5.16 Å². The van der Waals surface area contributed by atoms with Gasteiger partial charge in [0.05, 0.1) is 16.4 Å². The van der Waals surface area contributed by atoms with Crippen molar-refractivity contribution >= 4 is 27.5 Å². The zero-order valence-electron chi connectivity index (χ0n) is 12.3. The number of rotatable bonds is 7. The fourth-order valence-corrected chi connectivity index (χ4v) is 3.54. The molecule has 1 aromatic heterocycles. The lowest BCUT2D eigenvalue weighted by Gasteiger charge is -2.06. The number of nitrogens with zero attached hydrogens (tertiary/aromatic N) is 3. The van der Waals surface area contributed by atoms with Crippen LogP contribution in [-0.2, 0) is 21.7 Å². The SMILES string of the molecule is Cn1cnnc1SCC(=O)NCCS(=O)(=O)c1ccc(F)cc1. The van der Waals surface area contributed by atoms with Crippen LogP contribution < -0.4 is 5.32 Å². The highest BCUT2D eigenvalue weighted by Crippen LogP contribution is 2.13. The highest BCUT2D eigenvalue weighted by atomic mass is 32.2. The van der Waals surface area contributed by atoms with Gasteiger partial charge >= 0.3 is 0 Å². The third-order valence-electron chi connectivity index (χ3n) is 2.87. The van der Waals surface area contributed by atoms with Crippen LogP contribution in [-0.4, -0.2) is 47.1 Å². The summed E-state index contributed by atoms with van der Waals surface area (Å²) in [4.78, 5) is 11.7. The Morgan fingerprint density at radius 3 is 2.65 bits per heavy atom. The Labute approximate surface area is 137 Å². The molecule has 2 aromatic rings. The summed E-state index contributed by atoms with van der Waals surface area (Å²) >= 11 is 1.20. The first-order chi connectivity index (χ1) is 10.9. The normalized spacial score (nSPS) is 11.4. The minimum Gasteiger partial charge on any atom is -0.354 e. The second-order valence-corrected chi connectivity index (χ2v) is 7.69. The van der Waals surface area contributed by atoms with Gasteiger partial charge in [0, 0.05) is 13.6 Å². The van der Waals surface area contributed by atoms with Gasteiger partial charge in [0.25, 0.3) is 0 Å². The van der Waals surface area contributed by atoms with Crippen LogP contribution in [0.1, 0.15) is 0 Å². The lowest BCUT2D eigenvalue weighted by molar-refractivity contribution is -0.118. The summed E-state index contributed by atoms with van der Waals surface area (Å²) in [6.45, 7) is -0.0160. The van der Waals surface area contributed by atoms with Crippen molar-refractivity contribution in [1.82, 2.24) is 20.1 Å². The summed E-state index contributed by atoms with van der Waals surface area (Å²) in [7, 11) is -1.79. The number of nitrogens with one attached hydrogen (secondary N) is 1. The lowest BCUT2D eigenvalue weighted by atomic mass is 10.4. The van der Waals surface area contributed by atoms with Gasteiger partial charge in [0.15, 0.2) is 15.0 Å². The summed E-state index contributed by atoms with van der Waals surface area (Å²) in [5, 5.41) is 10.6. The number of sulfone groups is 1. The van der Waals surface area contributed by atoms with Gasteiger partial charge in [-0.3, -0.25) is 4.79 Å². The predicted octanol–water partition coefficient (Wildman–Crippen LogP) is 0.636. The number of carbonyl (C=O) groups is 1. The van der Waals surface area contributed by atoms with Crippen LogP contribution in [0.4, 0.5) is 4.39 Å². The van der Waals surface area contributed by atoms with Gasteiger partial charge < -0.3 is 9.88 Å². The Kier molecular flexibility index (Phi) is 5.72. The molecule has 0 aliphatic carbocycles. The third-order valence-corrected chi connectivity index (χ3v) is 5.63. The van der Waals surface area contributed by atoms with Crippen molar-refractivity contribution in [2.24, 2.45) is 7.05 Å². The third kappa shape index (κ3) is 5.03.